The van der Waals surface area contributed by atoms with Gasteiger partial charge in [0.2, 0.25) is 0 Å². The van der Waals surface area contributed by atoms with Crippen molar-refractivity contribution >= 4 is 0 Å². The van der Waals surface area contributed by atoms with E-state index in [1.54, 1.807) is 0 Å². The molecule has 0 saturated carbocycles. The Kier molecular flexibility index (Phi) is 10.9. The van der Waals surface area contributed by atoms with Crippen LogP contribution in [-0.4, -0.2) is 0 Å². The number of hydrogen-bond donors (Lipinski definition) is 0. The van der Waals surface area contributed by atoms with Crippen LogP contribution in [0.2, 0.25) is 0 Å². The molecule has 0 bridgehead atoms. The number of rotatable bonds is 2. The maximum absolute atomic E-state index is 2.22. The minimum absolute atomic E-state index is 0. The first-order chi connectivity index (χ1) is 2.77. The standard InChI is InChI=1S/C6H13.Na/c1-4-5-6(2)3;/h4,6H,5H2,1-3H3;/q-1;+1. The third-order valence-electron chi connectivity index (χ3n) is 0.707. The zero-order chi connectivity index (χ0) is 4.99. The van der Waals surface area contributed by atoms with E-state index in [1.807, 2.05) is 0 Å². The van der Waals surface area contributed by atoms with Crippen LogP contribution in [0.5, 0.6) is 0 Å². The van der Waals surface area contributed by atoms with E-state index in [4.69, 9.17) is 0 Å². The van der Waals surface area contributed by atoms with E-state index in [0.29, 0.717) is 0 Å². The molecular weight excluding hydrogens is 95.1 g/mol. The van der Waals surface area contributed by atoms with Crippen LogP contribution in [0.4, 0.5) is 0 Å². The Labute approximate surface area is 69.0 Å². The van der Waals surface area contributed by atoms with Crippen molar-refractivity contribution in [3.8, 4) is 0 Å². The summed E-state index contributed by atoms with van der Waals surface area (Å²) in [5.74, 6) is 0.843. The molecule has 0 nitrogen and oxygen atoms in total. The van der Waals surface area contributed by atoms with Crippen molar-refractivity contribution in [3.63, 3.8) is 0 Å². The Morgan fingerprint density at radius 3 is 1.86 bits per heavy atom. The van der Waals surface area contributed by atoms with E-state index in [1.165, 1.54) is 6.42 Å². The molecule has 0 aromatic carbocycles. The fraction of sp³-hybridized carbons (Fsp3) is 0.833. The summed E-state index contributed by atoms with van der Waals surface area (Å²) in [6.45, 7) is 6.54. The summed E-state index contributed by atoms with van der Waals surface area (Å²) in [5, 5.41) is 0. The quantitative estimate of drug-likeness (QED) is 0.323. The van der Waals surface area contributed by atoms with E-state index < -0.39 is 0 Å². The molecule has 0 aromatic rings. The van der Waals surface area contributed by atoms with Gasteiger partial charge in [0, 0.05) is 0 Å². The third-order valence-corrected chi connectivity index (χ3v) is 0.707. The minimum Gasteiger partial charge on any atom is -0.331 e. The molecule has 1 heteroatoms. The molecule has 0 unspecified atom stereocenters. The van der Waals surface area contributed by atoms with Crippen LogP contribution in [-0.2, 0) is 0 Å². The first kappa shape index (κ1) is 10.9. The molecule has 0 N–H and O–H groups in total. The maximum atomic E-state index is 2.22. The van der Waals surface area contributed by atoms with Crippen LogP contribution in [0.1, 0.15) is 27.2 Å². The van der Waals surface area contributed by atoms with Gasteiger partial charge in [-0.2, -0.15) is 13.3 Å². The van der Waals surface area contributed by atoms with Gasteiger partial charge in [-0.05, 0) is 0 Å². The topological polar surface area (TPSA) is 0 Å². The molecule has 7 heavy (non-hydrogen) atoms. The van der Waals surface area contributed by atoms with E-state index in [-0.39, 0.29) is 29.6 Å². The van der Waals surface area contributed by atoms with Crippen LogP contribution >= 0.6 is 0 Å². The second kappa shape index (κ2) is 7.00. The smallest absolute Gasteiger partial charge is 0.331 e. The van der Waals surface area contributed by atoms with Gasteiger partial charge in [0.25, 0.3) is 0 Å². The van der Waals surface area contributed by atoms with Crippen LogP contribution in [0.25, 0.3) is 0 Å². The largest absolute Gasteiger partial charge is 1.00 e. The Bertz CT molecular complexity index is 25.4. The van der Waals surface area contributed by atoms with Gasteiger partial charge in [-0.25, -0.2) is 0 Å². The van der Waals surface area contributed by atoms with Crippen molar-refractivity contribution < 1.29 is 29.6 Å². The molecule has 0 aliphatic carbocycles. The average Bonchev–Trinajstić information content (AvgIpc) is 1.35. The van der Waals surface area contributed by atoms with Gasteiger partial charge in [0.1, 0.15) is 0 Å². The van der Waals surface area contributed by atoms with Crippen LogP contribution in [0.15, 0.2) is 0 Å². The van der Waals surface area contributed by atoms with Gasteiger partial charge >= 0.3 is 29.6 Å². The molecule has 0 atom stereocenters. The van der Waals surface area contributed by atoms with Gasteiger partial charge in [0.05, 0.1) is 0 Å². The molecule has 0 spiro atoms. The normalized spacial score (nSPS) is 8.57. The first-order valence-corrected chi connectivity index (χ1v) is 2.55. The van der Waals surface area contributed by atoms with Gasteiger partial charge in [-0.3, -0.25) is 0 Å². The Balaban J connectivity index is 0. The molecule has 0 aromatic heterocycles. The average molecular weight is 108 g/mol. The van der Waals surface area contributed by atoms with Gasteiger partial charge < -0.3 is 6.42 Å². The SMILES string of the molecule is C[CH-]CC(C)C.[Na+]. The van der Waals surface area contributed by atoms with Crippen molar-refractivity contribution in [2.45, 2.75) is 27.2 Å². The minimum atomic E-state index is 0. The summed E-state index contributed by atoms with van der Waals surface area (Å²) in [5.41, 5.74) is 0. The summed E-state index contributed by atoms with van der Waals surface area (Å²) < 4.78 is 0. The fourth-order valence-electron chi connectivity index (χ4n) is 0.471. The van der Waals surface area contributed by atoms with Crippen molar-refractivity contribution in [1.29, 1.82) is 0 Å². The van der Waals surface area contributed by atoms with E-state index >= 15 is 0 Å². The molecule has 0 amide bonds. The molecule has 0 radical (unpaired) electrons. The van der Waals surface area contributed by atoms with Crippen molar-refractivity contribution in [3.05, 3.63) is 6.42 Å². The van der Waals surface area contributed by atoms with Gasteiger partial charge in [-0.15, -0.1) is 0 Å². The van der Waals surface area contributed by atoms with E-state index in [0.717, 1.165) is 5.92 Å². The molecular formula is C6H13Na. The van der Waals surface area contributed by atoms with Crippen molar-refractivity contribution in [2.24, 2.45) is 5.92 Å². The molecule has 0 fully saturated rings. The molecule has 0 heterocycles. The van der Waals surface area contributed by atoms with E-state index in [2.05, 4.69) is 27.2 Å². The first-order valence-electron chi connectivity index (χ1n) is 2.55. The molecule has 38 valence electrons. The predicted octanol–water partition coefficient (Wildman–Crippen LogP) is -0.739. The van der Waals surface area contributed by atoms with Gasteiger partial charge in [0.15, 0.2) is 0 Å². The fourth-order valence-corrected chi connectivity index (χ4v) is 0.471. The summed E-state index contributed by atoms with van der Waals surface area (Å²) in [4.78, 5) is 0. The van der Waals surface area contributed by atoms with Crippen LogP contribution in [0.3, 0.4) is 0 Å². The summed E-state index contributed by atoms with van der Waals surface area (Å²) >= 11 is 0. The summed E-state index contributed by atoms with van der Waals surface area (Å²) in [7, 11) is 0. The predicted molar refractivity (Wildman–Crippen MR) is 29.4 cm³/mol. The molecule has 0 rings (SSSR count). The monoisotopic (exact) mass is 108 g/mol. The van der Waals surface area contributed by atoms with Crippen LogP contribution in [0, 0.1) is 12.3 Å². The number of hydrogen-bond acceptors (Lipinski definition) is 0. The molecule has 0 aliphatic heterocycles. The van der Waals surface area contributed by atoms with Crippen molar-refractivity contribution in [1.82, 2.24) is 0 Å². The maximum Gasteiger partial charge on any atom is 1.00 e. The third kappa shape index (κ3) is 10.9. The van der Waals surface area contributed by atoms with Crippen LogP contribution < -0.4 is 29.6 Å². The summed E-state index contributed by atoms with van der Waals surface area (Å²) in [6.07, 6.45) is 3.45. The van der Waals surface area contributed by atoms with Crippen molar-refractivity contribution in [2.75, 3.05) is 0 Å². The summed E-state index contributed by atoms with van der Waals surface area (Å²) in [6, 6.07) is 0. The Hall–Kier alpha value is 1.00. The van der Waals surface area contributed by atoms with E-state index in [9.17, 15) is 0 Å². The van der Waals surface area contributed by atoms with Gasteiger partial charge in [-0.1, -0.05) is 19.8 Å². The molecule has 0 saturated heterocycles. The Morgan fingerprint density at radius 1 is 1.43 bits per heavy atom. The zero-order valence-electron chi connectivity index (χ0n) is 5.86. The Morgan fingerprint density at radius 2 is 1.86 bits per heavy atom. The second-order valence-corrected chi connectivity index (χ2v) is 2.04. The second-order valence-electron chi connectivity index (χ2n) is 2.04. The zero-order valence-corrected chi connectivity index (χ0v) is 7.86. The molecule has 0 aliphatic rings.